The molecule has 2 heterocycles. The van der Waals surface area contributed by atoms with Gasteiger partial charge >= 0.3 is 0 Å². The number of H-pyrrole nitrogens is 1. The van der Waals surface area contributed by atoms with Crippen LogP contribution in [0.4, 0.5) is 0 Å². The number of fused-ring (bicyclic) bond motifs is 1. The molecule has 1 fully saturated rings. The van der Waals surface area contributed by atoms with Crippen LogP contribution in [0.15, 0.2) is 42.5 Å². The fourth-order valence-corrected chi connectivity index (χ4v) is 4.10. The van der Waals surface area contributed by atoms with Gasteiger partial charge in [0.1, 0.15) is 11.3 Å². The minimum absolute atomic E-state index is 0.442. The lowest BCUT2D eigenvalue weighted by Crippen LogP contribution is -2.37. The van der Waals surface area contributed by atoms with Crippen molar-refractivity contribution in [1.82, 2.24) is 19.8 Å². The Morgan fingerprint density at radius 1 is 1.25 bits per heavy atom. The molecule has 6 nitrogen and oxygen atoms in total. The van der Waals surface area contributed by atoms with Crippen molar-refractivity contribution in [3.63, 3.8) is 0 Å². The number of carbonyl (C=O) groups excluding carboxylic acids is 1. The Bertz CT molecular complexity index is 976. The molecule has 3 aromatic rings. The minimum atomic E-state index is -0.461. The van der Waals surface area contributed by atoms with Gasteiger partial charge in [-0.1, -0.05) is 30.3 Å². The molecule has 1 aliphatic heterocycles. The molecule has 0 aliphatic carbocycles. The van der Waals surface area contributed by atoms with Crippen LogP contribution < -0.4 is 5.73 Å². The highest BCUT2D eigenvalue weighted by Gasteiger charge is 2.24. The van der Waals surface area contributed by atoms with E-state index in [-0.39, 0.29) is 0 Å². The highest BCUT2D eigenvalue weighted by Crippen LogP contribution is 2.25. The summed E-state index contributed by atoms with van der Waals surface area (Å²) in [4.78, 5) is 24.4. The van der Waals surface area contributed by atoms with E-state index in [0.717, 1.165) is 30.0 Å². The number of likely N-dealkylation sites (tertiary alicyclic amines) is 1. The number of primary amides is 1. The Hall–Kier alpha value is -2.70. The molecule has 2 aromatic carbocycles. The molecule has 1 amide bonds. The third kappa shape index (κ3) is 3.79. The summed E-state index contributed by atoms with van der Waals surface area (Å²) in [7, 11) is 4.28. The van der Waals surface area contributed by atoms with Crippen molar-refractivity contribution >= 4 is 16.9 Å². The Kier molecular flexibility index (Phi) is 5.15. The van der Waals surface area contributed by atoms with Gasteiger partial charge in [0.05, 0.1) is 11.1 Å². The number of nitrogens with one attached hydrogen (secondary N) is 1. The van der Waals surface area contributed by atoms with Crippen LogP contribution in [0.3, 0.4) is 0 Å². The Morgan fingerprint density at radius 2 is 2.04 bits per heavy atom. The van der Waals surface area contributed by atoms with Crippen molar-refractivity contribution in [3.05, 3.63) is 53.6 Å². The molecule has 0 saturated carbocycles. The Labute approximate surface area is 165 Å². The first kappa shape index (κ1) is 18.7. The average molecular weight is 377 g/mol. The summed E-state index contributed by atoms with van der Waals surface area (Å²) < 4.78 is 0. The molecule has 1 saturated heterocycles. The van der Waals surface area contributed by atoms with Gasteiger partial charge in [-0.05, 0) is 51.2 Å². The minimum Gasteiger partial charge on any atom is -0.366 e. The van der Waals surface area contributed by atoms with E-state index in [1.807, 2.05) is 12.1 Å². The molecule has 3 N–H and O–H groups in total. The average Bonchev–Trinajstić information content (AvgIpc) is 3.28. The SMILES string of the molecule is CN(C)CC1CCCN1Cc1ccc(-c2nc3c(C(N)=O)cccc3[nH]2)cc1. The first-order valence-corrected chi connectivity index (χ1v) is 9.78. The quantitative estimate of drug-likeness (QED) is 0.692. The smallest absolute Gasteiger partial charge is 0.250 e. The Balaban J connectivity index is 1.53. The highest BCUT2D eigenvalue weighted by molar-refractivity contribution is 6.04. The molecule has 28 heavy (non-hydrogen) atoms. The van der Waals surface area contributed by atoms with Gasteiger partial charge in [0.25, 0.3) is 5.91 Å². The predicted molar refractivity (Wildman–Crippen MR) is 112 cm³/mol. The van der Waals surface area contributed by atoms with E-state index in [1.54, 1.807) is 6.07 Å². The standard InChI is InChI=1S/C22H27N5O/c1-26(2)14-17-5-4-12-27(17)13-15-8-10-16(11-9-15)22-24-19-7-3-6-18(21(23)28)20(19)25-22/h3,6-11,17H,4-5,12-14H2,1-2H3,(H2,23,28)(H,24,25). The summed E-state index contributed by atoms with van der Waals surface area (Å²) >= 11 is 0. The second kappa shape index (κ2) is 7.73. The van der Waals surface area contributed by atoms with E-state index in [4.69, 9.17) is 5.73 Å². The van der Waals surface area contributed by atoms with Crippen LogP contribution in [0.25, 0.3) is 22.4 Å². The van der Waals surface area contributed by atoms with Crippen LogP contribution in [0, 0.1) is 0 Å². The highest BCUT2D eigenvalue weighted by atomic mass is 16.1. The van der Waals surface area contributed by atoms with Gasteiger partial charge in [0, 0.05) is 24.7 Å². The van der Waals surface area contributed by atoms with Gasteiger partial charge in [-0.15, -0.1) is 0 Å². The van der Waals surface area contributed by atoms with E-state index >= 15 is 0 Å². The summed E-state index contributed by atoms with van der Waals surface area (Å²) in [6.45, 7) is 3.25. The van der Waals surface area contributed by atoms with E-state index in [1.165, 1.54) is 24.9 Å². The van der Waals surface area contributed by atoms with E-state index in [2.05, 4.69) is 58.1 Å². The van der Waals surface area contributed by atoms with Gasteiger partial charge in [-0.3, -0.25) is 9.69 Å². The van der Waals surface area contributed by atoms with Gasteiger partial charge in [0.15, 0.2) is 0 Å². The molecule has 0 bridgehead atoms. The molecule has 6 heteroatoms. The zero-order chi connectivity index (χ0) is 19.7. The fourth-order valence-electron chi connectivity index (χ4n) is 4.10. The summed E-state index contributed by atoms with van der Waals surface area (Å²) in [6, 6.07) is 14.6. The van der Waals surface area contributed by atoms with Crippen LogP contribution in [-0.2, 0) is 6.54 Å². The second-order valence-electron chi connectivity index (χ2n) is 7.88. The first-order valence-electron chi connectivity index (χ1n) is 9.78. The number of aromatic amines is 1. The van der Waals surface area contributed by atoms with Gasteiger partial charge in [0.2, 0.25) is 0 Å². The second-order valence-corrected chi connectivity index (χ2v) is 7.88. The van der Waals surface area contributed by atoms with Crippen molar-refractivity contribution in [2.45, 2.75) is 25.4 Å². The summed E-state index contributed by atoms with van der Waals surface area (Å²) in [5.74, 6) is 0.291. The number of aromatic nitrogens is 2. The summed E-state index contributed by atoms with van der Waals surface area (Å²) in [6.07, 6.45) is 2.55. The normalized spacial score (nSPS) is 17.6. The van der Waals surface area contributed by atoms with Crippen LogP contribution in [0.1, 0.15) is 28.8 Å². The van der Waals surface area contributed by atoms with Crippen molar-refractivity contribution in [2.75, 3.05) is 27.2 Å². The van der Waals surface area contributed by atoms with Crippen molar-refractivity contribution in [2.24, 2.45) is 5.73 Å². The maximum absolute atomic E-state index is 11.6. The predicted octanol–water partition coefficient (Wildman–Crippen LogP) is 2.85. The van der Waals surface area contributed by atoms with Gasteiger partial charge < -0.3 is 15.6 Å². The van der Waals surface area contributed by atoms with Crippen molar-refractivity contribution in [1.29, 1.82) is 0 Å². The van der Waals surface area contributed by atoms with E-state index in [9.17, 15) is 4.79 Å². The molecule has 0 spiro atoms. The molecule has 146 valence electrons. The number of para-hydroxylation sites is 1. The number of hydrogen-bond donors (Lipinski definition) is 2. The number of nitrogens with zero attached hydrogens (tertiary/aromatic N) is 3. The number of likely N-dealkylation sites (N-methyl/N-ethyl adjacent to an activating group) is 1. The first-order chi connectivity index (χ1) is 13.5. The number of amides is 1. The molecule has 0 radical (unpaired) electrons. The third-order valence-electron chi connectivity index (χ3n) is 5.47. The van der Waals surface area contributed by atoms with E-state index in [0.29, 0.717) is 17.1 Å². The molecule has 1 atom stereocenters. The fraction of sp³-hybridized carbons (Fsp3) is 0.364. The number of imidazole rings is 1. The molecule has 1 aliphatic rings. The van der Waals surface area contributed by atoms with Crippen molar-refractivity contribution < 1.29 is 4.79 Å². The third-order valence-corrected chi connectivity index (χ3v) is 5.47. The molecular formula is C22H27N5O. The number of rotatable bonds is 6. The monoisotopic (exact) mass is 377 g/mol. The molecule has 1 unspecified atom stereocenters. The van der Waals surface area contributed by atoms with Gasteiger partial charge in [-0.2, -0.15) is 0 Å². The summed E-state index contributed by atoms with van der Waals surface area (Å²) in [5.41, 5.74) is 9.66. The maximum atomic E-state index is 11.6. The lowest BCUT2D eigenvalue weighted by molar-refractivity contribution is 0.100. The van der Waals surface area contributed by atoms with Crippen LogP contribution >= 0.6 is 0 Å². The van der Waals surface area contributed by atoms with Crippen LogP contribution in [0.2, 0.25) is 0 Å². The van der Waals surface area contributed by atoms with Crippen LogP contribution in [-0.4, -0.2) is 58.9 Å². The van der Waals surface area contributed by atoms with Crippen molar-refractivity contribution in [3.8, 4) is 11.4 Å². The zero-order valence-corrected chi connectivity index (χ0v) is 16.5. The molecular weight excluding hydrogens is 350 g/mol. The summed E-state index contributed by atoms with van der Waals surface area (Å²) in [5, 5.41) is 0. The van der Waals surface area contributed by atoms with E-state index < -0.39 is 5.91 Å². The lowest BCUT2D eigenvalue weighted by atomic mass is 10.1. The van der Waals surface area contributed by atoms with Crippen LogP contribution in [0.5, 0.6) is 0 Å². The zero-order valence-electron chi connectivity index (χ0n) is 16.5. The largest absolute Gasteiger partial charge is 0.366 e. The Morgan fingerprint density at radius 3 is 2.75 bits per heavy atom. The lowest BCUT2D eigenvalue weighted by Gasteiger charge is -2.27. The maximum Gasteiger partial charge on any atom is 0.250 e. The number of benzene rings is 2. The molecule has 1 aromatic heterocycles. The molecule has 4 rings (SSSR count). The van der Waals surface area contributed by atoms with Gasteiger partial charge in [-0.25, -0.2) is 4.98 Å². The number of hydrogen-bond acceptors (Lipinski definition) is 4. The number of carbonyl (C=O) groups is 1. The number of nitrogens with two attached hydrogens (primary N) is 1. The topological polar surface area (TPSA) is 78.2 Å².